The van der Waals surface area contributed by atoms with E-state index in [0.29, 0.717) is 0 Å². The van der Waals surface area contributed by atoms with Gasteiger partial charge in [0.25, 0.3) is 0 Å². The lowest BCUT2D eigenvalue weighted by atomic mass is 10.1. The maximum Gasteiger partial charge on any atom is 0.185 e. The zero-order chi connectivity index (χ0) is 13.8. The van der Waals surface area contributed by atoms with Gasteiger partial charge in [-0.1, -0.05) is 30.3 Å². The summed E-state index contributed by atoms with van der Waals surface area (Å²) in [5, 5.41) is 3.17. The van der Waals surface area contributed by atoms with E-state index < -0.39 is 0 Å². The highest BCUT2D eigenvalue weighted by molar-refractivity contribution is 7.13. The van der Waals surface area contributed by atoms with Crippen molar-refractivity contribution >= 4 is 16.5 Å². The van der Waals surface area contributed by atoms with Crippen LogP contribution in [0.1, 0.15) is 11.6 Å². The summed E-state index contributed by atoms with van der Waals surface area (Å²) < 4.78 is 0. The van der Waals surface area contributed by atoms with Crippen molar-refractivity contribution in [3.05, 3.63) is 47.5 Å². The van der Waals surface area contributed by atoms with E-state index in [0.717, 1.165) is 37.9 Å². The Balaban J connectivity index is 1.51. The fourth-order valence-electron chi connectivity index (χ4n) is 2.58. The van der Waals surface area contributed by atoms with Crippen molar-refractivity contribution in [1.82, 2.24) is 9.88 Å². The van der Waals surface area contributed by atoms with E-state index in [2.05, 4.69) is 39.0 Å². The molecule has 0 radical (unpaired) electrons. The number of thiazole rings is 1. The molecule has 1 aliphatic rings. The summed E-state index contributed by atoms with van der Waals surface area (Å²) in [5.74, 6) is 0. The highest BCUT2D eigenvalue weighted by Gasteiger charge is 2.20. The first-order chi connectivity index (χ1) is 9.83. The topological polar surface area (TPSA) is 45.4 Å². The molecule has 1 aromatic carbocycles. The number of rotatable bonds is 4. The van der Waals surface area contributed by atoms with E-state index in [9.17, 15) is 0 Å². The van der Waals surface area contributed by atoms with Crippen LogP contribution in [0.15, 0.2) is 41.9 Å². The van der Waals surface area contributed by atoms with Gasteiger partial charge in [-0.2, -0.15) is 0 Å². The van der Waals surface area contributed by atoms with Gasteiger partial charge in [-0.15, -0.1) is 11.3 Å². The van der Waals surface area contributed by atoms with E-state index in [-0.39, 0.29) is 6.04 Å². The number of anilines is 1. The van der Waals surface area contributed by atoms with Gasteiger partial charge in [0.1, 0.15) is 0 Å². The lowest BCUT2D eigenvalue weighted by Gasteiger charge is -2.35. The first-order valence-corrected chi connectivity index (χ1v) is 7.88. The standard InChI is InChI=1S/C15H20N4S/c16-14(13-4-2-1-3-5-13)12-18-7-9-19(10-8-18)15-17-6-11-20-15/h1-6,11,14H,7-10,12,16H2. The third kappa shape index (κ3) is 3.17. The fourth-order valence-corrected chi connectivity index (χ4v) is 3.27. The molecule has 1 aromatic heterocycles. The molecule has 4 nitrogen and oxygen atoms in total. The molecule has 0 bridgehead atoms. The van der Waals surface area contributed by atoms with Crippen molar-refractivity contribution in [3.8, 4) is 0 Å². The number of benzene rings is 1. The third-order valence-corrected chi connectivity index (χ3v) is 4.58. The second kappa shape index (κ2) is 6.35. The second-order valence-corrected chi connectivity index (χ2v) is 5.99. The molecular formula is C15H20N4S. The van der Waals surface area contributed by atoms with Crippen LogP contribution < -0.4 is 10.6 Å². The van der Waals surface area contributed by atoms with Gasteiger partial charge < -0.3 is 10.6 Å². The maximum atomic E-state index is 6.29. The number of hydrogen-bond acceptors (Lipinski definition) is 5. The predicted octanol–water partition coefficient (Wildman–Crippen LogP) is 1.97. The predicted molar refractivity (Wildman–Crippen MR) is 84.1 cm³/mol. The summed E-state index contributed by atoms with van der Waals surface area (Å²) in [6.45, 7) is 5.11. The van der Waals surface area contributed by atoms with Gasteiger partial charge in [0.2, 0.25) is 0 Å². The van der Waals surface area contributed by atoms with Gasteiger partial charge >= 0.3 is 0 Å². The van der Waals surface area contributed by atoms with Gasteiger partial charge in [0, 0.05) is 50.3 Å². The smallest absolute Gasteiger partial charge is 0.185 e. The number of piperazine rings is 1. The van der Waals surface area contributed by atoms with E-state index in [1.54, 1.807) is 11.3 Å². The second-order valence-electron chi connectivity index (χ2n) is 5.12. The Hall–Kier alpha value is -1.43. The molecule has 5 heteroatoms. The average Bonchev–Trinajstić information content (AvgIpc) is 3.03. The van der Waals surface area contributed by atoms with Crippen molar-refractivity contribution < 1.29 is 0 Å². The molecule has 0 spiro atoms. The largest absolute Gasteiger partial charge is 0.346 e. The first-order valence-electron chi connectivity index (χ1n) is 7.00. The van der Waals surface area contributed by atoms with Crippen molar-refractivity contribution in [2.45, 2.75) is 6.04 Å². The lowest BCUT2D eigenvalue weighted by Crippen LogP contribution is -2.48. The van der Waals surface area contributed by atoms with Gasteiger partial charge in [-0.25, -0.2) is 4.98 Å². The highest BCUT2D eigenvalue weighted by Crippen LogP contribution is 2.19. The summed E-state index contributed by atoms with van der Waals surface area (Å²) in [6.07, 6.45) is 1.87. The summed E-state index contributed by atoms with van der Waals surface area (Å²) >= 11 is 1.71. The molecule has 3 rings (SSSR count). The Morgan fingerprint density at radius 1 is 1.15 bits per heavy atom. The third-order valence-electron chi connectivity index (χ3n) is 3.74. The molecule has 2 heterocycles. The maximum absolute atomic E-state index is 6.29. The molecule has 0 aliphatic carbocycles. The zero-order valence-electron chi connectivity index (χ0n) is 11.5. The van der Waals surface area contributed by atoms with Crippen molar-refractivity contribution in [1.29, 1.82) is 0 Å². The minimum atomic E-state index is 0.0996. The lowest BCUT2D eigenvalue weighted by molar-refractivity contribution is 0.243. The highest BCUT2D eigenvalue weighted by atomic mass is 32.1. The minimum Gasteiger partial charge on any atom is -0.346 e. The summed E-state index contributed by atoms with van der Waals surface area (Å²) in [6, 6.07) is 10.4. The first kappa shape index (κ1) is 13.5. The molecule has 1 saturated heterocycles. The number of hydrogen-bond donors (Lipinski definition) is 1. The molecular weight excluding hydrogens is 268 g/mol. The fraction of sp³-hybridized carbons (Fsp3) is 0.400. The summed E-state index contributed by atoms with van der Waals surface area (Å²) in [4.78, 5) is 9.18. The number of nitrogens with two attached hydrogens (primary N) is 1. The van der Waals surface area contributed by atoms with Crippen molar-refractivity contribution in [3.63, 3.8) is 0 Å². The molecule has 1 atom stereocenters. The van der Waals surface area contributed by atoms with Crippen LogP contribution in [-0.4, -0.2) is 42.6 Å². The van der Waals surface area contributed by atoms with Crippen LogP contribution in [0.5, 0.6) is 0 Å². The normalized spacial score (nSPS) is 18.1. The molecule has 2 aromatic rings. The van der Waals surface area contributed by atoms with E-state index in [4.69, 9.17) is 5.73 Å². The van der Waals surface area contributed by atoms with Gasteiger partial charge in [0.05, 0.1) is 0 Å². The van der Waals surface area contributed by atoms with Crippen LogP contribution >= 0.6 is 11.3 Å². The monoisotopic (exact) mass is 288 g/mol. The van der Waals surface area contributed by atoms with Crippen molar-refractivity contribution in [2.24, 2.45) is 5.73 Å². The Morgan fingerprint density at radius 3 is 2.55 bits per heavy atom. The molecule has 1 unspecified atom stereocenters. The molecule has 1 fully saturated rings. The van der Waals surface area contributed by atoms with E-state index in [1.807, 2.05) is 17.6 Å². The quantitative estimate of drug-likeness (QED) is 0.934. The SMILES string of the molecule is NC(CN1CCN(c2nccs2)CC1)c1ccccc1. The zero-order valence-corrected chi connectivity index (χ0v) is 12.3. The molecule has 0 amide bonds. The number of nitrogens with zero attached hydrogens (tertiary/aromatic N) is 3. The summed E-state index contributed by atoms with van der Waals surface area (Å²) in [7, 11) is 0. The summed E-state index contributed by atoms with van der Waals surface area (Å²) in [5.41, 5.74) is 7.51. The Bertz CT molecular complexity index is 506. The number of aromatic nitrogens is 1. The van der Waals surface area contributed by atoms with Crippen LogP contribution in [0, 0.1) is 0 Å². The van der Waals surface area contributed by atoms with Gasteiger partial charge in [-0.3, -0.25) is 4.90 Å². The van der Waals surface area contributed by atoms with Crippen LogP contribution in [0.25, 0.3) is 0 Å². The Labute approximate surface area is 123 Å². The van der Waals surface area contributed by atoms with Crippen LogP contribution in [-0.2, 0) is 0 Å². The van der Waals surface area contributed by atoms with Crippen LogP contribution in [0.2, 0.25) is 0 Å². The van der Waals surface area contributed by atoms with Crippen LogP contribution in [0.4, 0.5) is 5.13 Å². The molecule has 106 valence electrons. The molecule has 1 aliphatic heterocycles. The molecule has 20 heavy (non-hydrogen) atoms. The van der Waals surface area contributed by atoms with Crippen LogP contribution in [0.3, 0.4) is 0 Å². The average molecular weight is 288 g/mol. The van der Waals surface area contributed by atoms with E-state index >= 15 is 0 Å². The minimum absolute atomic E-state index is 0.0996. The van der Waals surface area contributed by atoms with E-state index in [1.165, 1.54) is 5.56 Å². The Morgan fingerprint density at radius 2 is 1.90 bits per heavy atom. The Kier molecular flexibility index (Phi) is 4.30. The molecule has 0 saturated carbocycles. The van der Waals surface area contributed by atoms with Gasteiger partial charge in [0.15, 0.2) is 5.13 Å². The molecule has 2 N–H and O–H groups in total. The van der Waals surface area contributed by atoms with Gasteiger partial charge in [-0.05, 0) is 5.56 Å². The van der Waals surface area contributed by atoms with Crippen molar-refractivity contribution in [2.75, 3.05) is 37.6 Å².